The third kappa shape index (κ3) is 4.59. The third-order valence-electron chi connectivity index (χ3n) is 2.22. The van der Waals surface area contributed by atoms with E-state index in [1.165, 1.54) is 12.1 Å². The number of sulfonamides is 1. The molecule has 0 bridgehead atoms. The molecule has 0 saturated carbocycles. The summed E-state index contributed by atoms with van der Waals surface area (Å²) in [5, 5.41) is 8.57. The molecule has 0 heterocycles. The molecule has 104 valence electrons. The van der Waals surface area contributed by atoms with Crippen LogP contribution >= 0.6 is 0 Å². The summed E-state index contributed by atoms with van der Waals surface area (Å²) in [7, 11) is -3.99. The quantitative estimate of drug-likeness (QED) is 0.809. The molecule has 1 aromatic carbocycles. The summed E-state index contributed by atoms with van der Waals surface area (Å²) in [6.45, 7) is 0.272. The van der Waals surface area contributed by atoms with Gasteiger partial charge in [0.25, 0.3) is 6.43 Å². The molecule has 1 rings (SSSR count). The van der Waals surface area contributed by atoms with Crippen molar-refractivity contribution in [3.05, 3.63) is 29.3 Å². The molecule has 2 N–H and O–H groups in total. The number of halogens is 2. The van der Waals surface area contributed by atoms with Crippen LogP contribution in [-0.4, -0.2) is 33.1 Å². The number of alkyl halides is 2. The molecule has 4 nitrogen and oxygen atoms in total. The lowest BCUT2D eigenvalue weighted by Gasteiger charge is -2.09. The molecule has 0 aliphatic heterocycles. The van der Waals surface area contributed by atoms with Gasteiger partial charge in [-0.25, -0.2) is 21.9 Å². The van der Waals surface area contributed by atoms with Gasteiger partial charge in [-0.15, -0.1) is 0 Å². The molecule has 0 aliphatic carbocycles. The molecule has 0 aromatic heterocycles. The molecule has 0 saturated heterocycles. The van der Waals surface area contributed by atoms with Crippen LogP contribution in [0.4, 0.5) is 8.78 Å². The van der Waals surface area contributed by atoms with Crippen molar-refractivity contribution >= 4 is 10.0 Å². The molecule has 0 aliphatic rings. The zero-order valence-corrected chi connectivity index (χ0v) is 11.0. The lowest BCUT2D eigenvalue weighted by Crippen LogP contribution is -2.29. The van der Waals surface area contributed by atoms with E-state index in [0.717, 1.165) is 0 Å². The number of hydrogen-bond donors (Lipinski definition) is 2. The monoisotopic (exact) mass is 289 g/mol. The molecule has 19 heavy (non-hydrogen) atoms. The number of aryl methyl sites for hydroxylation is 1. The van der Waals surface area contributed by atoms with Gasteiger partial charge in [0.15, 0.2) is 0 Å². The number of hydrogen-bond acceptors (Lipinski definition) is 3. The Labute approximate surface area is 110 Å². The van der Waals surface area contributed by atoms with Crippen LogP contribution in [0.3, 0.4) is 0 Å². The summed E-state index contributed by atoms with van der Waals surface area (Å²) in [5.74, 6) is 4.94. The molecule has 0 amide bonds. The number of rotatable bonds is 4. The first kappa shape index (κ1) is 15.6. The van der Waals surface area contributed by atoms with Crippen LogP contribution in [0.15, 0.2) is 23.1 Å². The van der Waals surface area contributed by atoms with Crippen molar-refractivity contribution in [2.75, 3.05) is 13.2 Å². The summed E-state index contributed by atoms with van der Waals surface area (Å²) in [6, 6.07) is 4.40. The Morgan fingerprint density at radius 2 is 2.11 bits per heavy atom. The van der Waals surface area contributed by atoms with E-state index in [0.29, 0.717) is 11.1 Å². The number of aliphatic hydroxyl groups is 1. The Morgan fingerprint density at radius 1 is 1.42 bits per heavy atom. The first-order valence-corrected chi connectivity index (χ1v) is 6.83. The minimum absolute atomic E-state index is 0.0992. The lowest BCUT2D eigenvalue weighted by molar-refractivity contribution is 0.153. The van der Waals surface area contributed by atoms with E-state index in [9.17, 15) is 17.2 Å². The Morgan fingerprint density at radius 3 is 2.68 bits per heavy atom. The van der Waals surface area contributed by atoms with Gasteiger partial charge in [0.2, 0.25) is 10.0 Å². The first-order chi connectivity index (χ1) is 8.86. The predicted molar refractivity (Wildman–Crippen MR) is 66.3 cm³/mol. The highest BCUT2D eigenvalue weighted by Crippen LogP contribution is 2.16. The van der Waals surface area contributed by atoms with E-state index in [4.69, 9.17) is 5.11 Å². The van der Waals surface area contributed by atoms with Crippen molar-refractivity contribution in [3.8, 4) is 11.8 Å². The van der Waals surface area contributed by atoms with E-state index in [2.05, 4.69) is 11.8 Å². The summed E-state index contributed by atoms with van der Waals surface area (Å²) >= 11 is 0. The Hall–Kier alpha value is -1.49. The molecule has 7 heteroatoms. The third-order valence-corrected chi connectivity index (χ3v) is 3.78. The Kier molecular flexibility index (Phi) is 5.42. The fourth-order valence-electron chi connectivity index (χ4n) is 1.36. The van der Waals surface area contributed by atoms with Crippen molar-refractivity contribution in [1.82, 2.24) is 4.72 Å². The maximum Gasteiger partial charge on any atom is 0.251 e. The average molecular weight is 289 g/mol. The molecule has 0 fully saturated rings. The second kappa shape index (κ2) is 6.61. The van der Waals surface area contributed by atoms with Crippen LogP contribution in [0, 0.1) is 18.8 Å². The molecular weight excluding hydrogens is 276 g/mol. The van der Waals surface area contributed by atoms with Gasteiger partial charge in [-0.05, 0) is 24.6 Å². The van der Waals surface area contributed by atoms with E-state index in [-0.39, 0.29) is 11.5 Å². The average Bonchev–Trinajstić information content (AvgIpc) is 2.35. The second-order valence-corrected chi connectivity index (χ2v) is 5.42. The van der Waals surface area contributed by atoms with Gasteiger partial charge in [-0.3, -0.25) is 0 Å². The molecule has 0 radical (unpaired) electrons. The number of benzene rings is 1. The summed E-state index contributed by atoms with van der Waals surface area (Å²) in [4.78, 5) is -0.0992. The molecular formula is C12H13F2NO3S. The molecule has 0 spiro atoms. The van der Waals surface area contributed by atoms with Gasteiger partial charge in [-0.2, -0.15) is 0 Å². The molecule has 0 unspecified atom stereocenters. The first-order valence-electron chi connectivity index (χ1n) is 5.35. The van der Waals surface area contributed by atoms with Crippen LogP contribution in [0.2, 0.25) is 0 Å². The largest absolute Gasteiger partial charge is 0.384 e. The van der Waals surface area contributed by atoms with Crippen LogP contribution in [0.5, 0.6) is 0 Å². The van der Waals surface area contributed by atoms with Crippen molar-refractivity contribution in [3.63, 3.8) is 0 Å². The maximum absolute atomic E-state index is 12.1. The summed E-state index contributed by atoms with van der Waals surface area (Å²) < 4.78 is 49.6. The van der Waals surface area contributed by atoms with E-state index in [1.54, 1.807) is 13.0 Å². The molecule has 1 aromatic rings. The summed E-state index contributed by atoms with van der Waals surface area (Å²) in [5.41, 5.74) is 0.813. The van der Waals surface area contributed by atoms with Crippen molar-refractivity contribution in [2.24, 2.45) is 0 Å². The van der Waals surface area contributed by atoms with Gasteiger partial charge in [0.05, 0.1) is 11.4 Å². The van der Waals surface area contributed by atoms with E-state index in [1.807, 2.05) is 4.72 Å². The highest BCUT2D eigenvalue weighted by atomic mass is 32.2. The fraction of sp³-hybridized carbons (Fsp3) is 0.333. The SMILES string of the molecule is Cc1ccc(C#CCO)cc1S(=O)(=O)NCC(F)F. The summed E-state index contributed by atoms with van der Waals surface area (Å²) in [6.07, 6.45) is -2.76. The highest BCUT2D eigenvalue weighted by Gasteiger charge is 2.18. The van der Waals surface area contributed by atoms with Crippen molar-refractivity contribution in [2.45, 2.75) is 18.2 Å². The maximum atomic E-state index is 12.1. The minimum atomic E-state index is -3.99. The predicted octanol–water partition coefficient (Wildman–Crippen LogP) is 0.882. The fourth-order valence-corrected chi connectivity index (χ4v) is 2.63. The number of nitrogens with one attached hydrogen (secondary N) is 1. The molecule has 0 atom stereocenters. The normalized spacial score (nSPS) is 11.2. The van der Waals surface area contributed by atoms with Gasteiger partial charge in [-0.1, -0.05) is 17.9 Å². The van der Waals surface area contributed by atoms with Crippen molar-refractivity contribution < 1.29 is 22.3 Å². The van der Waals surface area contributed by atoms with Gasteiger partial charge in [0, 0.05) is 5.56 Å². The standard InChI is InChI=1S/C12H13F2NO3S/c1-9-4-5-10(3-2-6-16)7-11(9)19(17,18)15-8-12(13)14/h4-5,7,12,15-16H,6,8H2,1H3. The minimum Gasteiger partial charge on any atom is -0.384 e. The van der Waals surface area contributed by atoms with Crippen LogP contribution in [0.1, 0.15) is 11.1 Å². The van der Waals surface area contributed by atoms with Crippen LogP contribution < -0.4 is 4.72 Å². The topological polar surface area (TPSA) is 66.4 Å². The van der Waals surface area contributed by atoms with Crippen molar-refractivity contribution in [1.29, 1.82) is 0 Å². The highest BCUT2D eigenvalue weighted by molar-refractivity contribution is 7.89. The lowest BCUT2D eigenvalue weighted by atomic mass is 10.1. The van der Waals surface area contributed by atoms with E-state index < -0.39 is 23.0 Å². The van der Waals surface area contributed by atoms with Gasteiger partial charge < -0.3 is 5.11 Å². The van der Waals surface area contributed by atoms with E-state index >= 15 is 0 Å². The second-order valence-electron chi connectivity index (χ2n) is 3.68. The zero-order valence-electron chi connectivity index (χ0n) is 10.2. The van der Waals surface area contributed by atoms with Crippen LogP contribution in [-0.2, 0) is 10.0 Å². The smallest absolute Gasteiger partial charge is 0.251 e. The van der Waals surface area contributed by atoms with Gasteiger partial charge in [0.1, 0.15) is 6.61 Å². The van der Waals surface area contributed by atoms with Gasteiger partial charge >= 0.3 is 0 Å². The Balaban J connectivity index is 3.11. The number of aliphatic hydroxyl groups excluding tert-OH is 1. The van der Waals surface area contributed by atoms with Crippen LogP contribution in [0.25, 0.3) is 0 Å². The zero-order chi connectivity index (χ0) is 14.5. The Bertz CT molecular complexity index is 603.